The summed E-state index contributed by atoms with van der Waals surface area (Å²) in [4.78, 5) is 6.56. The molecule has 4 nitrogen and oxygen atoms in total. The number of benzene rings is 1. The van der Waals surface area contributed by atoms with Crippen molar-refractivity contribution in [1.82, 2.24) is 14.1 Å². The van der Waals surface area contributed by atoms with E-state index in [1.807, 2.05) is 36.7 Å². The fourth-order valence-corrected chi connectivity index (χ4v) is 13.6. The maximum atomic E-state index is 14.1. The number of likely N-dealkylation sites (tertiary alicyclic amines) is 1. The number of hydrogen-bond donors (Lipinski definition) is 1. The Kier molecular flexibility index (Phi) is 7.61. The average molecular weight is 508 g/mol. The highest BCUT2D eigenvalue weighted by Crippen LogP contribution is 2.51. The van der Waals surface area contributed by atoms with Gasteiger partial charge in [-0.05, 0) is 84.0 Å². The molecule has 194 valence electrons. The number of aliphatic hydroxyl groups is 1. The van der Waals surface area contributed by atoms with E-state index in [0.29, 0.717) is 29.5 Å². The van der Waals surface area contributed by atoms with Crippen molar-refractivity contribution in [3.8, 4) is 22.4 Å². The molecule has 1 aliphatic rings. The van der Waals surface area contributed by atoms with Crippen molar-refractivity contribution in [3.05, 3.63) is 66.4 Å². The van der Waals surface area contributed by atoms with Gasteiger partial charge in [-0.3, -0.25) is 4.98 Å². The van der Waals surface area contributed by atoms with Crippen molar-refractivity contribution >= 4 is 8.24 Å². The lowest BCUT2D eigenvalue weighted by Crippen LogP contribution is -2.52. The largest absolute Gasteiger partial charge is 0.385 e. The Labute approximate surface area is 217 Å². The van der Waals surface area contributed by atoms with Gasteiger partial charge in [0.25, 0.3) is 0 Å². The molecule has 1 aliphatic heterocycles. The minimum atomic E-state index is -2.21. The van der Waals surface area contributed by atoms with E-state index in [1.165, 1.54) is 0 Å². The molecule has 0 bridgehead atoms. The zero-order valence-electron chi connectivity index (χ0n) is 22.9. The van der Waals surface area contributed by atoms with E-state index < -0.39 is 13.8 Å². The lowest BCUT2D eigenvalue weighted by atomic mass is 9.81. The van der Waals surface area contributed by atoms with Crippen molar-refractivity contribution < 1.29 is 9.50 Å². The Morgan fingerprint density at radius 1 is 0.861 bits per heavy atom. The lowest BCUT2D eigenvalue weighted by Gasteiger charge is -2.45. The highest BCUT2D eigenvalue weighted by molar-refractivity contribution is 6.82. The smallest absolute Gasteiger partial charge is 0.169 e. The molecule has 0 amide bonds. The van der Waals surface area contributed by atoms with Crippen LogP contribution in [-0.2, 0) is 5.60 Å². The van der Waals surface area contributed by atoms with Gasteiger partial charge in [0.2, 0.25) is 0 Å². The summed E-state index contributed by atoms with van der Waals surface area (Å²) >= 11 is 0. The molecule has 2 aromatic heterocycles. The molecule has 0 saturated carbocycles. The molecular weight excluding hydrogens is 465 g/mol. The van der Waals surface area contributed by atoms with E-state index >= 15 is 0 Å². The van der Waals surface area contributed by atoms with Crippen molar-refractivity contribution in [2.45, 2.75) is 76.6 Å². The van der Waals surface area contributed by atoms with Crippen LogP contribution in [0.3, 0.4) is 0 Å². The van der Waals surface area contributed by atoms with E-state index in [-0.39, 0.29) is 5.82 Å². The summed E-state index contributed by atoms with van der Waals surface area (Å²) in [6.07, 6.45) is 7.32. The van der Waals surface area contributed by atoms with Gasteiger partial charge in [0, 0.05) is 48.5 Å². The lowest BCUT2D eigenvalue weighted by molar-refractivity contribution is -0.0198. The molecule has 1 saturated heterocycles. The molecule has 0 atom stereocenters. The molecule has 6 heteroatoms. The molecular formula is C30H42FN3OSi. The monoisotopic (exact) mass is 507 g/mol. The maximum Gasteiger partial charge on any atom is 0.169 e. The Morgan fingerprint density at radius 2 is 1.39 bits per heavy atom. The molecule has 0 aliphatic carbocycles. The highest BCUT2D eigenvalue weighted by atomic mass is 28.3. The number of hydrogen-bond acceptors (Lipinski definition) is 3. The SMILES string of the molecule is CC(C)[Si](C(C)C)(C(C)C)n1cc(C2(O)CCN(C)CC2)c(-c2ccncc2)c1-c1ccc(F)cc1. The van der Waals surface area contributed by atoms with Gasteiger partial charge >= 0.3 is 0 Å². The first kappa shape index (κ1) is 26.8. The summed E-state index contributed by atoms with van der Waals surface area (Å²) in [6.45, 7) is 15.9. The number of aromatic nitrogens is 2. The molecule has 1 N–H and O–H groups in total. The number of pyridine rings is 1. The van der Waals surface area contributed by atoms with Crippen LogP contribution in [0, 0.1) is 5.82 Å². The van der Waals surface area contributed by atoms with Gasteiger partial charge < -0.3 is 14.2 Å². The standard InChI is InChI=1S/C30H42FN3OSi/c1-21(2)36(22(3)4,23(5)6)34-20-27(30(35)14-18-33(7)19-15-30)28(24-12-16-32-17-13-24)29(34)25-8-10-26(31)11-9-25/h8-13,16-17,20-23,35H,14-15,18-19H2,1-7H3. The predicted octanol–water partition coefficient (Wildman–Crippen LogP) is 7.29. The van der Waals surface area contributed by atoms with E-state index in [9.17, 15) is 9.50 Å². The Hall–Kier alpha value is -2.28. The van der Waals surface area contributed by atoms with Crippen LogP contribution in [0.15, 0.2) is 55.0 Å². The Bertz CT molecular complexity index is 1140. The van der Waals surface area contributed by atoms with E-state index in [0.717, 1.165) is 41.0 Å². The third-order valence-electron chi connectivity index (χ3n) is 8.60. The molecule has 0 spiro atoms. The zero-order valence-corrected chi connectivity index (χ0v) is 23.9. The van der Waals surface area contributed by atoms with Crippen LogP contribution < -0.4 is 0 Å². The minimum absolute atomic E-state index is 0.239. The minimum Gasteiger partial charge on any atom is -0.385 e. The molecule has 3 aromatic rings. The normalized spacial score (nSPS) is 16.9. The van der Waals surface area contributed by atoms with Crippen LogP contribution in [0.25, 0.3) is 22.4 Å². The van der Waals surface area contributed by atoms with Gasteiger partial charge in [0.05, 0.1) is 5.60 Å². The Morgan fingerprint density at radius 3 is 1.89 bits per heavy atom. The maximum absolute atomic E-state index is 14.1. The number of nitrogens with zero attached hydrogens (tertiary/aromatic N) is 3. The predicted molar refractivity (Wildman–Crippen MR) is 150 cm³/mol. The summed E-state index contributed by atoms with van der Waals surface area (Å²) in [5.74, 6) is -0.239. The second-order valence-corrected chi connectivity index (χ2v) is 17.3. The number of rotatable bonds is 7. The van der Waals surface area contributed by atoms with Crippen molar-refractivity contribution in [1.29, 1.82) is 0 Å². The van der Waals surface area contributed by atoms with Crippen LogP contribution in [0.2, 0.25) is 16.6 Å². The molecule has 1 fully saturated rings. The third kappa shape index (κ3) is 4.48. The van der Waals surface area contributed by atoms with Crippen LogP contribution in [0.4, 0.5) is 4.39 Å². The van der Waals surface area contributed by atoms with Crippen molar-refractivity contribution in [2.24, 2.45) is 0 Å². The molecule has 4 rings (SSSR count). The molecule has 0 radical (unpaired) electrons. The van der Waals surface area contributed by atoms with Crippen LogP contribution >= 0.6 is 0 Å². The second kappa shape index (κ2) is 10.2. The third-order valence-corrected chi connectivity index (χ3v) is 15.3. The van der Waals surface area contributed by atoms with E-state index in [1.54, 1.807) is 12.1 Å². The van der Waals surface area contributed by atoms with Gasteiger partial charge in [0.15, 0.2) is 8.24 Å². The summed E-state index contributed by atoms with van der Waals surface area (Å²) < 4.78 is 16.7. The van der Waals surface area contributed by atoms with Crippen LogP contribution in [0.1, 0.15) is 59.9 Å². The van der Waals surface area contributed by atoms with Gasteiger partial charge in [-0.2, -0.15) is 0 Å². The Balaban J connectivity index is 2.15. The highest BCUT2D eigenvalue weighted by Gasteiger charge is 2.48. The summed E-state index contributed by atoms with van der Waals surface area (Å²) in [5.41, 5.74) is 5.68. The second-order valence-electron chi connectivity index (χ2n) is 11.6. The first-order chi connectivity index (χ1) is 17.0. The van der Waals surface area contributed by atoms with Gasteiger partial charge in [-0.1, -0.05) is 41.5 Å². The van der Waals surface area contributed by atoms with Crippen molar-refractivity contribution in [3.63, 3.8) is 0 Å². The van der Waals surface area contributed by atoms with Gasteiger partial charge in [0.1, 0.15) is 5.82 Å². The van der Waals surface area contributed by atoms with Crippen LogP contribution in [0.5, 0.6) is 0 Å². The first-order valence-corrected chi connectivity index (χ1v) is 15.5. The molecule has 3 heterocycles. The average Bonchev–Trinajstić information content (AvgIpc) is 3.23. The first-order valence-electron chi connectivity index (χ1n) is 13.4. The van der Waals surface area contributed by atoms with E-state index in [4.69, 9.17) is 0 Å². The fraction of sp³-hybridized carbons (Fsp3) is 0.500. The zero-order chi connectivity index (χ0) is 26.3. The topological polar surface area (TPSA) is 41.3 Å². The quantitative estimate of drug-likeness (QED) is 0.341. The summed E-state index contributed by atoms with van der Waals surface area (Å²) in [5, 5.41) is 12.2. The molecule has 36 heavy (non-hydrogen) atoms. The van der Waals surface area contributed by atoms with Gasteiger partial charge in [-0.25, -0.2) is 4.39 Å². The molecule has 1 aromatic carbocycles. The van der Waals surface area contributed by atoms with E-state index in [2.05, 4.69) is 68.9 Å². The summed E-state index contributed by atoms with van der Waals surface area (Å²) in [6, 6.07) is 11.0. The van der Waals surface area contributed by atoms with Crippen LogP contribution in [-0.4, -0.2) is 47.6 Å². The fourth-order valence-electron chi connectivity index (χ4n) is 6.96. The van der Waals surface area contributed by atoms with Gasteiger partial charge in [-0.15, -0.1) is 0 Å². The summed E-state index contributed by atoms with van der Waals surface area (Å²) in [7, 11) is -0.0945. The van der Waals surface area contributed by atoms with Crippen molar-refractivity contribution in [2.75, 3.05) is 20.1 Å². The molecule has 0 unspecified atom stereocenters. The number of piperidine rings is 1. The number of halogens is 1.